The zero-order valence-electron chi connectivity index (χ0n) is 16.8. The van der Waals surface area contributed by atoms with Crippen molar-refractivity contribution in [2.24, 2.45) is 0 Å². The van der Waals surface area contributed by atoms with Gasteiger partial charge in [-0.25, -0.2) is 9.37 Å². The van der Waals surface area contributed by atoms with E-state index in [0.29, 0.717) is 42.6 Å². The number of fused-ring (bicyclic) bond motifs is 1. The maximum Gasteiger partial charge on any atom is 0.325 e. The van der Waals surface area contributed by atoms with Crippen molar-refractivity contribution < 1.29 is 24.2 Å². The minimum atomic E-state index is -0.993. The molecule has 0 aliphatic carbocycles. The van der Waals surface area contributed by atoms with Crippen LogP contribution in [0.1, 0.15) is 18.0 Å². The number of carbonyl (C=O) groups is 2. The molecule has 0 radical (unpaired) electrons. The van der Waals surface area contributed by atoms with Crippen LogP contribution in [-0.4, -0.2) is 62.8 Å². The number of aromatic nitrogens is 2. The lowest BCUT2D eigenvalue weighted by atomic mass is 10.0. The number of pyridine rings is 1. The third-order valence-electron chi connectivity index (χ3n) is 5.62. The molecule has 1 aromatic carbocycles. The van der Waals surface area contributed by atoms with E-state index in [4.69, 9.17) is 5.11 Å². The first-order valence-electron chi connectivity index (χ1n) is 10.1. The van der Waals surface area contributed by atoms with Gasteiger partial charge >= 0.3 is 11.9 Å². The van der Waals surface area contributed by atoms with E-state index >= 15 is 0 Å². The number of halogens is 1. The van der Waals surface area contributed by atoms with Crippen LogP contribution in [0.25, 0.3) is 10.9 Å². The van der Waals surface area contributed by atoms with Crippen molar-refractivity contribution in [2.75, 3.05) is 31.1 Å². The Morgan fingerprint density at radius 2 is 1.87 bits per heavy atom. The molecule has 8 nitrogen and oxygen atoms in total. The second-order valence-electron chi connectivity index (χ2n) is 7.53. The highest BCUT2D eigenvalue weighted by Crippen LogP contribution is 2.32. The molecule has 1 aliphatic heterocycles. The lowest BCUT2D eigenvalue weighted by Gasteiger charge is -2.38. The SMILES string of the molecule is O=C(O)CCn1cc([C@@H](C(=O)O)N2CCN(c3ccccn3)CC2)c2ccc(F)cc21. The molecule has 162 valence electrons. The van der Waals surface area contributed by atoms with Gasteiger partial charge < -0.3 is 19.7 Å². The van der Waals surface area contributed by atoms with Gasteiger partial charge in [0.2, 0.25) is 0 Å². The fourth-order valence-electron chi connectivity index (χ4n) is 4.15. The molecule has 1 atom stereocenters. The smallest absolute Gasteiger partial charge is 0.325 e. The van der Waals surface area contributed by atoms with Crippen LogP contribution in [-0.2, 0) is 16.1 Å². The van der Waals surface area contributed by atoms with Crippen LogP contribution in [0.5, 0.6) is 0 Å². The van der Waals surface area contributed by atoms with Crippen molar-refractivity contribution in [3.63, 3.8) is 0 Å². The predicted molar refractivity (Wildman–Crippen MR) is 113 cm³/mol. The standard InChI is InChI=1S/C22H23FN4O4/c23-15-4-5-16-17(14-27(18(16)13-15)8-6-20(28)29)21(22(30)31)26-11-9-25(10-12-26)19-3-1-2-7-24-19/h1-5,7,13-14,21H,6,8-12H2,(H,28,29)(H,30,31)/t21-/m0/s1. The molecular weight excluding hydrogens is 403 g/mol. The second-order valence-corrected chi connectivity index (χ2v) is 7.53. The number of aryl methyl sites for hydroxylation is 1. The Hall–Kier alpha value is -3.46. The number of piperazine rings is 1. The fourth-order valence-corrected chi connectivity index (χ4v) is 4.15. The zero-order chi connectivity index (χ0) is 22.0. The summed E-state index contributed by atoms with van der Waals surface area (Å²) in [5, 5.41) is 19.7. The Kier molecular flexibility index (Phi) is 5.85. The molecule has 0 saturated carbocycles. The molecule has 9 heteroatoms. The van der Waals surface area contributed by atoms with Crippen LogP contribution in [0, 0.1) is 5.82 Å². The van der Waals surface area contributed by atoms with Crippen LogP contribution in [0.15, 0.2) is 48.8 Å². The van der Waals surface area contributed by atoms with Crippen molar-refractivity contribution in [3.8, 4) is 0 Å². The van der Waals surface area contributed by atoms with Crippen LogP contribution in [0.4, 0.5) is 10.2 Å². The summed E-state index contributed by atoms with van der Waals surface area (Å²) in [7, 11) is 0. The van der Waals surface area contributed by atoms with E-state index in [9.17, 15) is 19.1 Å². The van der Waals surface area contributed by atoms with Gasteiger partial charge in [0.05, 0.1) is 11.9 Å². The summed E-state index contributed by atoms with van der Waals surface area (Å²) in [6.45, 7) is 2.45. The van der Waals surface area contributed by atoms with E-state index in [2.05, 4.69) is 9.88 Å². The van der Waals surface area contributed by atoms with Gasteiger partial charge in [-0.2, -0.15) is 0 Å². The van der Waals surface area contributed by atoms with E-state index < -0.39 is 23.8 Å². The Bertz CT molecular complexity index is 1090. The lowest BCUT2D eigenvalue weighted by molar-refractivity contribution is -0.143. The number of hydrogen-bond acceptors (Lipinski definition) is 5. The average Bonchev–Trinajstić information content (AvgIpc) is 3.10. The number of rotatable bonds is 7. The topological polar surface area (TPSA) is 98.9 Å². The van der Waals surface area contributed by atoms with Crippen LogP contribution >= 0.6 is 0 Å². The van der Waals surface area contributed by atoms with Gasteiger partial charge in [0, 0.05) is 56.1 Å². The Morgan fingerprint density at radius 1 is 1.10 bits per heavy atom. The number of carboxylic acid groups (broad SMARTS) is 2. The summed E-state index contributed by atoms with van der Waals surface area (Å²) in [6.07, 6.45) is 3.24. The van der Waals surface area contributed by atoms with Gasteiger partial charge in [-0.05, 0) is 30.3 Å². The molecule has 1 fully saturated rings. The minimum absolute atomic E-state index is 0.134. The summed E-state index contributed by atoms with van der Waals surface area (Å²) in [5.74, 6) is -1.56. The maximum atomic E-state index is 13.9. The first-order chi connectivity index (χ1) is 14.9. The molecule has 1 aliphatic rings. The van der Waals surface area contributed by atoms with Crippen molar-refractivity contribution in [1.29, 1.82) is 0 Å². The molecule has 2 aromatic heterocycles. The van der Waals surface area contributed by atoms with E-state index in [1.54, 1.807) is 23.0 Å². The van der Waals surface area contributed by atoms with Crippen molar-refractivity contribution in [1.82, 2.24) is 14.5 Å². The molecule has 1 saturated heterocycles. The fraction of sp³-hybridized carbons (Fsp3) is 0.318. The molecular formula is C22H23FN4O4. The molecule has 3 heterocycles. The van der Waals surface area contributed by atoms with E-state index in [1.165, 1.54) is 12.1 Å². The predicted octanol–water partition coefficient (Wildman–Crippen LogP) is 2.60. The summed E-state index contributed by atoms with van der Waals surface area (Å²) in [6, 6.07) is 8.96. The van der Waals surface area contributed by atoms with Gasteiger partial charge in [0.25, 0.3) is 0 Å². The highest BCUT2D eigenvalue weighted by atomic mass is 19.1. The highest BCUT2D eigenvalue weighted by Gasteiger charge is 2.33. The molecule has 0 amide bonds. The van der Waals surface area contributed by atoms with Crippen molar-refractivity contribution in [2.45, 2.75) is 19.0 Å². The number of carboxylic acids is 2. The largest absolute Gasteiger partial charge is 0.481 e. The number of nitrogens with zero attached hydrogens (tertiary/aromatic N) is 4. The van der Waals surface area contributed by atoms with Gasteiger partial charge in [-0.15, -0.1) is 0 Å². The molecule has 31 heavy (non-hydrogen) atoms. The second kappa shape index (κ2) is 8.73. The quantitative estimate of drug-likeness (QED) is 0.599. The molecule has 0 unspecified atom stereocenters. The number of aliphatic carboxylic acids is 2. The van der Waals surface area contributed by atoms with E-state index in [1.807, 2.05) is 23.1 Å². The van der Waals surface area contributed by atoms with Gasteiger partial charge in [-0.1, -0.05) is 6.07 Å². The summed E-state index contributed by atoms with van der Waals surface area (Å²) < 4.78 is 15.5. The normalized spacial score (nSPS) is 15.8. The highest BCUT2D eigenvalue weighted by molar-refractivity contribution is 5.90. The van der Waals surface area contributed by atoms with E-state index in [0.717, 1.165) is 5.82 Å². The number of anilines is 1. The third kappa shape index (κ3) is 4.36. The van der Waals surface area contributed by atoms with Crippen LogP contribution in [0.2, 0.25) is 0 Å². The Morgan fingerprint density at radius 3 is 2.52 bits per heavy atom. The maximum absolute atomic E-state index is 13.9. The molecule has 3 aromatic rings. The summed E-state index contributed by atoms with van der Waals surface area (Å²) in [5.41, 5.74) is 1.04. The average molecular weight is 426 g/mol. The summed E-state index contributed by atoms with van der Waals surface area (Å²) >= 11 is 0. The molecule has 0 spiro atoms. The van der Waals surface area contributed by atoms with Gasteiger partial charge in [-0.3, -0.25) is 14.5 Å². The van der Waals surface area contributed by atoms with Crippen LogP contribution < -0.4 is 4.90 Å². The zero-order valence-corrected chi connectivity index (χ0v) is 16.8. The van der Waals surface area contributed by atoms with Gasteiger partial charge in [0.1, 0.15) is 17.7 Å². The lowest BCUT2D eigenvalue weighted by Crippen LogP contribution is -2.49. The van der Waals surface area contributed by atoms with Gasteiger partial charge in [0.15, 0.2) is 0 Å². The van der Waals surface area contributed by atoms with E-state index in [-0.39, 0.29) is 13.0 Å². The monoisotopic (exact) mass is 426 g/mol. The van der Waals surface area contributed by atoms with Crippen molar-refractivity contribution >= 4 is 28.7 Å². The Labute approximate surface area is 178 Å². The third-order valence-corrected chi connectivity index (χ3v) is 5.62. The molecule has 2 N–H and O–H groups in total. The summed E-state index contributed by atoms with van der Waals surface area (Å²) in [4.78, 5) is 31.7. The first-order valence-corrected chi connectivity index (χ1v) is 10.1. The number of hydrogen-bond donors (Lipinski definition) is 2. The number of benzene rings is 1. The Balaban J connectivity index is 1.63. The van der Waals surface area contributed by atoms with Crippen LogP contribution in [0.3, 0.4) is 0 Å². The molecule has 4 rings (SSSR count). The first kappa shape index (κ1) is 20.8. The minimum Gasteiger partial charge on any atom is -0.481 e. The molecule has 0 bridgehead atoms. The van der Waals surface area contributed by atoms with Crippen molar-refractivity contribution in [3.05, 3.63) is 60.2 Å².